The predicted molar refractivity (Wildman–Crippen MR) is 119 cm³/mol. The Morgan fingerprint density at radius 2 is 1.11 bits per heavy atom. The first-order chi connectivity index (χ1) is 13.2. The number of ether oxygens (including phenoxy) is 1. The Bertz CT molecular complexity index is 313. The van der Waals surface area contributed by atoms with E-state index in [1.54, 1.807) is 0 Å². The topological polar surface area (TPSA) is 26.3 Å². The average molecular weight is 383 g/mol. The van der Waals surface area contributed by atoms with Crippen LogP contribution in [0.4, 0.5) is 0 Å². The van der Waals surface area contributed by atoms with Crippen molar-refractivity contribution in [3.05, 3.63) is 0 Å². The third-order valence-corrected chi connectivity index (χ3v) is 5.91. The molecular weight excluding hydrogens is 332 g/mol. The van der Waals surface area contributed by atoms with Crippen LogP contribution in [0.15, 0.2) is 0 Å². The molecule has 0 saturated carbocycles. The molecule has 0 bridgehead atoms. The Balaban J connectivity index is 4.18. The number of hydrogen-bond acceptors (Lipinski definition) is 2. The summed E-state index contributed by atoms with van der Waals surface area (Å²) in [5, 5.41) is 0. The van der Waals surface area contributed by atoms with Crippen molar-refractivity contribution in [2.75, 3.05) is 6.61 Å². The molecule has 2 atom stereocenters. The van der Waals surface area contributed by atoms with Gasteiger partial charge in [0.05, 0.1) is 6.61 Å². The van der Waals surface area contributed by atoms with Crippen LogP contribution >= 0.6 is 0 Å². The number of rotatable bonds is 20. The van der Waals surface area contributed by atoms with Gasteiger partial charge in [-0.15, -0.1) is 0 Å². The molecule has 0 heterocycles. The molecule has 0 fully saturated rings. The number of carbonyl (C=O) groups excluding carboxylic acids is 1. The third kappa shape index (κ3) is 17.3. The third-order valence-electron chi connectivity index (χ3n) is 5.91. The summed E-state index contributed by atoms with van der Waals surface area (Å²) >= 11 is 0. The first-order valence-corrected chi connectivity index (χ1v) is 12.3. The second-order valence-electron chi connectivity index (χ2n) is 8.58. The first-order valence-electron chi connectivity index (χ1n) is 12.3. The fourth-order valence-corrected chi connectivity index (χ4v) is 3.83. The van der Waals surface area contributed by atoms with Crippen molar-refractivity contribution >= 4 is 5.97 Å². The minimum absolute atomic E-state index is 0.0522. The fraction of sp³-hybridized carbons (Fsp3) is 0.960. The summed E-state index contributed by atoms with van der Waals surface area (Å²) in [7, 11) is 0. The van der Waals surface area contributed by atoms with Crippen molar-refractivity contribution in [3.8, 4) is 0 Å². The molecule has 0 aliphatic heterocycles. The lowest BCUT2D eigenvalue weighted by atomic mass is 9.91. The maximum atomic E-state index is 12.4. The quantitative estimate of drug-likeness (QED) is 0.156. The molecule has 2 nitrogen and oxygen atoms in total. The van der Waals surface area contributed by atoms with Crippen LogP contribution in [0.1, 0.15) is 137 Å². The molecule has 0 amide bonds. The van der Waals surface area contributed by atoms with Gasteiger partial charge in [0.15, 0.2) is 0 Å². The molecule has 2 unspecified atom stereocenters. The summed E-state index contributed by atoms with van der Waals surface area (Å²) in [5.74, 6) is 1.14. The van der Waals surface area contributed by atoms with Crippen LogP contribution in [-0.2, 0) is 9.53 Å². The zero-order valence-corrected chi connectivity index (χ0v) is 19.2. The standard InChI is InChI=1S/C25H50O2/c1-5-9-12-14-15-17-20-24(19-16-13-10-6-2)21-25(26)27-22-23(8-4)18-11-7-3/h23-24H,5-22H2,1-4H3. The van der Waals surface area contributed by atoms with E-state index in [-0.39, 0.29) is 5.97 Å². The van der Waals surface area contributed by atoms with Gasteiger partial charge in [0.1, 0.15) is 0 Å². The van der Waals surface area contributed by atoms with Crippen LogP contribution in [0.25, 0.3) is 0 Å². The number of esters is 1. The number of hydrogen-bond donors (Lipinski definition) is 0. The van der Waals surface area contributed by atoms with Gasteiger partial charge in [-0.25, -0.2) is 0 Å². The van der Waals surface area contributed by atoms with Gasteiger partial charge in [0.25, 0.3) is 0 Å². The van der Waals surface area contributed by atoms with Gasteiger partial charge in [-0.1, -0.05) is 111 Å². The zero-order valence-electron chi connectivity index (χ0n) is 19.2. The van der Waals surface area contributed by atoms with Crippen molar-refractivity contribution < 1.29 is 9.53 Å². The lowest BCUT2D eigenvalue weighted by Gasteiger charge is -2.18. The van der Waals surface area contributed by atoms with Crippen molar-refractivity contribution in [3.63, 3.8) is 0 Å². The van der Waals surface area contributed by atoms with E-state index < -0.39 is 0 Å². The SMILES string of the molecule is CCCCCCCCC(CCCCCC)CC(=O)OCC(CC)CCCC. The summed E-state index contributed by atoms with van der Waals surface area (Å²) in [6.07, 6.45) is 21.0. The molecule has 0 aromatic rings. The predicted octanol–water partition coefficient (Wildman–Crippen LogP) is 8.47. The molecule has 0 aliphatic carbocycles. The monoisotopic (exact) mass is 382 g/mol. The minimum atomic E-state index is 0.0522. The van der Waals surface area contributed by atoms with Gasteiger partial charge in [0.2, 0.25) is 0 Å². The second kappa shape index (κ2) is 20.2. The normalized spacial score (nSPS) is 13.5. The molecule has 162 valence electrons. The van der Waals surface area contributed by atoms with Gasteiger partial charge in [-0.05, 0) is 31.1 Å². The molecule has 0 spiro atoms. The van der Waals surface area contributed by atoms with Gasteiger partial charge in [0, 0.05) is 6.42 Å². The molecule has 2 heteroatoms. The van der Waals surface area contributed by atoms with Crippen molar-refractivity contribution in [2.24, 2.45) is 11.8 Å². The highest BCUT2D eigenvalue weighted by atomic mass is 16.5. The molecule has 0 aromatic carbocycles. The van der Waals surface area contributed by atoms with Crippen molar-refractivity contribution in [1.29, 1.82) is 0 Å². The molecular formula is C25H50O2. The zero-order chi connectivity index (χ0) is 20.2. The summed E-state index contributed by atoms with van der Waals surface area (Å²) in [6, 6.07) is 0. The molecule has 0 aliphatic rings. The molecule has 0 saturated heterocycles. The molecule has 0 radical (unpaired) electrons. The van der Waals surface area contributed by atoms with E-state index >= 15 is 0 Å². The van der Waals surface area contributed by atoms with Crippen LogP contribution in [0, 0.1) is 11.8 Å². The van der Waals surface area contributed by atoms with Gasteiger partial charge >= 0.3 is 5.97 Å². The highest BCUT2D eigenvalue weighted by molar-refractivity contribution is 5.69. The average Bonchev–Trinajstić information content (AvgIpc) is 2.67. The summed E-state index contributed by atoms with van der Waals surface area (Å²) in [6.45, 7) is 9.60. The summed E-state index contributed by atoms with van der Waals surface area (Å²) < 4.78 is 5.67. The smallest absolute Gasteiger partial charge is 0.306 e. The van der Waals surface area contributed by atoms with Crippen LogP contribution in [0.2, 0.25) is 0 Å². The van der Waals surface area contributed by atoms with Gasteiger partial charge in [-0.3, -0.25) is 4.79 Å². The molecule has 27 heavy (non-hydrogen) atoms. The Hall–Kier alpha value is -0.530. The van der Waals surface area contributed by atoms with Crippen LogP contribution in [0.5, 0.6) is 0 Å². The number of unbranched alkanes of at least 4 members (excludes halogenated alkanes) is 9. The van der Waals surface area contributed by atoms with Crippen LogP contribution < -0.4 is 0 Å². The van der Waals surface area contributed by atoms with Crippen LogP contribution in [-0.4, -0.2) is 12.6 Å². The Kier molecular flexibility index (Phi) is 19.8. The van der Waals surface area contributed by atoms with E-state index in [4.69, 9.17) is 4.74 Å². The highest BCUT2D eigenvalue weighted by Crippen LogP contribution is 2.23. The van der Waals surface area contributed by atoms with Crippen molar-refractivity contribution in [1.82, 2.24) is 0 Å². The van der Waals surface area contributed by atoms with E-state index in [9.17, 15) is 4.79 Å². The van der Waals surface area contributed by atoms with E-state index in [2.05, 4.69) is 27.7 Å². The highest BCUT2D eigenvalue weighted by Gasteiger charge is 2.16. The maximum Gasteiger partial charge on any atom is 0.306 e. The molecule has 0 rings (SSSR count). The van der Waals surface area contributed by atoms with Gasteiger partial charge in [-0.2, -0.15) is 0 Å². The van der Waals surface area contributed by atoms with Crippen LogP contribution in [0.3, 0.4) is 0 Å². The van der Waals surface area contributed by atoms with E-state index in [0.717, 1.165) is 6.42 Å². The maximum absolute atomic E-state index is 12.4. The van der Waals surface area contributed by atoms with E-state index in [0.29, 0.717) is 24.9 Å². The molecule has 0 aromatic heterocycles. The van der Waals surface area contributed by atoms with E-state index in [1.807, 2.05) is 0 Å². The van der Waals surface area contributed by atoms with Crippen molar-refractivity contribution in [2.45, 2.75) is 137 Å². The Labute approximate surface area is 171 Å². The lowest BCUT2D eigenvalue weighted by molar-refractivity contribution is -0.146. The minimum Gasteiger partial charge on any atom is -0.465 e. The summed E-state index contributed by atoms with van der Waals surface area (Å²) in [4.78, 5) is 12.4. The summed E-state index contributed by atoms with van der Waals surface area (Å²) in [5.41, 5.74) is 0. The molecule has 0 N–H and O–H groups in total. The largest absolute Gasteiger partial charge is 0.465 e. The first kappa shape index (κ1) is 26.5. The second-order valence-corrected chi connectivity index (χ2v) is 8.58. The lowest BCUT2D eigenvalue weighted by Crippen LogP contribution is -2.17. The Morgan fingerprint density at radius 1 is 0.630 bits per heavy atom. The fourth-order valence-electron chi connectivity index (χ4n) is 3.83. The number of carbonyl (C=O) groups is 1. The van der Waals surface area contributed by atoms with Gasteiger partial charge < -0.3 is 4.74 Å². The van der Waals surface area contributed by atoms with E-state index in [1.165, 1.54) is 96.3 Å². The Morgan fingerprint density at radius 3 is 1.67 bits per heavy atom.